The number of hydrogen-bond acceptors (Lipinski definition) is 3. The lowest BCUT2D eigenvalue weighted by atomic mass is 9.88. The number of ether oxygens (including phenoxy) is 1. The molecular weight excluding hydrogens is 214 g/mol. The fraction of sp³-hybridized carbons (Fsp3) is 1.00. The van der Waals surface area contributed by atoms with E-state index < -0.39 is 0 Å². The van der Waals surface area contributed by atoms with Crippen molar-refractivity contribution in [2.45, 2.75) is 45.1 Å². The van der Waals surface area contributed by atoms with Gasteiger partial charge >= 0.3 is 0 Å². The minimum Gasteiger partial charge on any atom is -0.396 e. The van der Waals surface area contributed by atoms with Gasteiger partial charge in [0, 0.05) is 19.7 Å². The molecule has 3 nitrogen and oxygen atoms in total. The van der Waals surface area contributed by atoms with E-state index in [0.717, 1.165) is 38.6 Å². The van der Waals surface area contributed by atoms with Gasteiger partial charge in [-0.2, -0.15) is 0 Å². The van der Waals surface area contributed by atoms with Crippen LogP contribution in [0.1, 0.15) is 39.0 Å². The highest BCUT2D eigenvalue weighted by Crippen LogP contribution is 2.26. The van der Waals surface area contributed by atoms with Crippen molar-refractivity contribution in [2.75, 3.05) is 32.8 Å². The number of rotatable bonds is 5. The Labute approximate surface area is 105 Å². The van der Waals surface area contributed by atoms with E-state index in [-0.39, 0.29) is 0 Å². The number of hydrogen-bond donors (Lipinski definition) is 1. The first kappa shape index (κ1) is 13.3. The first-order valence-electron chi connectivity index (χ1n) is 7.24. The van der Waals surface area contributed by atoms with Crippen LogP contribution >= 0.6 is 0 Å². The number of nitrogens with zero attached hydrogens (tertiary/aromatic N) is 1. The second-order valence-corrected chi connectivity index (χ2v) is 5.81. The first-order chi connectivity index (χ1) is 8.29. The highest BCUT2D eigenvalue weighted by molar-refractivity contribution is 4.76. The number of likely N-dealkylation sites (tertiary alicyclic amines) is 1. The third-order valence-electron chi connectivity index (χ3n) is 4.40. The van der Waals surface area contributed by atoms with Gasteiger partial charge in [-0.15, -0.1) is 0 Å². The average Bonchev–Trinajstić information content (AvgIpc) is 2.80. The van der Waals surface area contributed by atoms with Crippen LogP contribution in [-0.2, 0) is 4.74 Å². The molecule has 0 aromatic carbocycles. The molecule has 1 N–H and O–H groups in total. The Hall–Kier alpha value is -0.120. The van der Waals surface area contributed by atoms with E-state index in [1.807, 2.05) is 0 Å². The Morgan fingerprint density at radius 2 is 2.06 bits per heavy atom. The van der Waals surface area contributed by atoms with Crippen molar-refractivity contribution in [3.63, 3.8) is 0 Å². The lowest BCUT2D eigenvalue weighted by Gasteiger charge is -2.29. The van der Waals surface area contributed by atoms with Gasteiger partial charge in [-0.3, -0.25) is 0 Å². The summed E-state index contributed by atoms with van der Waals surface area (Å²) in [7, 11) is 0. The Morgan fingerprint density at radius 1 is 1.24 bits per heavy atom. The molecule has 0 amide bonds. The van der Waals surface area contributed by atoms with Crippen molar-refractivity contribution >= 4 is 0 Å². The summed E-state index contributed by atoms with van der Waals surface area (Å²) in [6, 6.07) is 0. The van der Waals surface area contributed by atoms with Crippen LogP contribution in [0, 0.1) is 11.8 Å². The molecule has 0 bridgehead atoms. The molecule has 0 aromatic rings. The SMILES string of the molecule is CC1CCCCC1OCCN1CCC(CO)C1. The normalized spacial score (nSPS) is 35.3. The van der Waals surface area contributed by atoms with Crippen LogP contribution in [0.4, 0.5) is 0 Å². The average molecular weight is 241 g/mol. The van der Waals surface area contributed by atoms with E-state index in [1.165, 1.54) is 25.7 Å². The zero-order chi connectivity index (χ0) is 12.1. The molecule has 3 atom stereocenters. The van der Waals surface area contributed by atoms with Crippen molar-refractivity contribution in [1.82, 2.24) is 4.90 Å². The maximum atomic E-state index is 9.09. The van der Waals surface area contributed by atoms with Crippen LogP contribution in [0.5, 0.6) is 0 Å². The van der Waals surface area contributed by atoms with Crippen LogP contribution in [0.25, 0.3) is 0 Å². The molecule has 2 aliphatic rings. The van der Waals surface area contributed by atoms with Crippen LogP contribution in [0.3, 0.4) is 0 Å². The van der Waals surface area contributed by atoms with Crippen LogP contribution in [0.2, 0.25) is 0 Å². The third kappa shape index (κ3) is 3.94. The molecule has 2 fully saturated rings. The molecule has 0 aromatic heterocycles. The third-order valence-corrected chi connectivity index (χ3v) is 4.40. The highest BCUT2D eigenvalue weighted by atomic mass is 16.5. The molecule has 17 heavy (non-hydrogen) atoms. The van der Waals surface area contributed by atoms with Crippen molar-refractivity contribution in [3.8, 4) is 0 Å². The maximum absolute atomic E-state index is 9.09. The molecule has 1 aliphatic carbocycles. The van der Waals surface area contributed by atoms with Gasteiger partial charge in [0.15, 0.2) is 0 Å². The Kier molecular flexibility index (Phi) is 5.26. The summed E-state index contributed by atoms with van der Waals surface area (Å²) in [4.78, 5) is 2.42. The minimum absolute atomic E-state index is 0.344. The molecule has 0 spiro atoms. The predicted molar refractivity (Wildman–Crippen MR) is 69.0 cm³/mol. The maximum Gasteiger partial charge on any atom is 0.0601 e. The van der Waals surface area contributed by atoms with E-state index in [2.05, 4.69) is 11.8 Å². The molecule has 1 saturated carbocycles. The smallest absolute Gasteiger partial charge is 0.0601 e. The molecule has 1 heterocycles. The van der Waals surface area contributed by atoms with Crippen LogP contribution in [0.15, 0.2) is 0 Å². The largest absolute Gasteiger partial charge is 0.396 e. The van der Waals surface area contributed by atoms with Crippen LogP contribution < -0.4 is 0 Å². The van der Waals surface area contributed by atoms with Crippen molar-refractivity contribution in [3.05, 3.63) is 0 Å². The van der Waals surface area contributed by atoms with Gasteiger partial charge < -0.3 is 14.7 Å². The van der Waals surface area contributed by atoms with Gasteiger partial charge in [0.05, 0.1) is 12.7 Å². The quantitative estimate of drug-likeness (QED) is 0.798. The molecule has 1 aliphatic heterocycles. The van der Waals surface area contributed by atoms with E-state index in [0.29, 0.717) is 18.6 Å². The summed E-state index contributed by atoms with van der Waals surface area (Å²) in [5, 5.41) is 9.09. The summed E-state index contributed by atoms with van der Waals surface area (Å²) < 4.78 is 6.02. The first-order valence-corrected chi connectivity index (χ1v) is 7.24. The van der Waals surface area contributed by atoms with Gasteiger partial charge in [0.25, 0.3) is 0 Å². The molecule has 100 valence electrons. The molecule has 2 rings (SSSR count). The summed E-state index contributed by atoms with van der Waals surface area (Å²) in [6.07, 6.45) is 6.95. The van der Waals surface area contributed by atoms with E-state index in [9.17, 15) is 0 Å². The van der Waals surface area contributed by atoms with E-state index in [1.54, 1.807) is 0 Å². The predicted octanol–water partition coefficient (Wildman–Crippen LogP) is 1.90. The van der Waals surface area contributed by atoms with E-state index in [4.69, 9.17) is 9.84 Å². The van der Waals surface area contributed by atoms with Gasteiger partial charge in [-0.25, -0.2) is 0 Å². The molecule has 1 saturated heterocycles. The van der Waals surface area contributed by atoms with Crippen LogP contribution in [-0.4, -0.2) is 49.0 Å². The summed E-state index contributed by atoms with van der Waals surface area (Å²) in [5.74, 6) is 1.25. The topological polar surface area (TPSA) is 32.7 Å². The molecule has 0 radical (unpaired) electrons. The Morgan fingerprint density at radius 3 is 2.76 bits per heavy atom. The summed E-state index contributed by atoms with van der Waals surface area (Å²) >= 11 is 0. The Bertz CT molecular complexity index is 222. The lowest BCUT2D eigenvalue weighted by molar-refractivity contribution is -0.0123. The van der Waals surface area contributed by atoms with Gasteiger partial charge in [-0.05, 0) is 37.6 Å². The summed E-state index contributed by atoms with van der Waals surface area (Å²) in [5.41, 5.74) is 0. The molecule has 3 unspecified atom stereocenters. The zero-order valence-corrected chi connectivity index (χ0v) is 11.1. The number of aliphatic hydroxyl groups is 1. The fourth-order valence-corrected chi connectivity index (χ4v) is 3.13. The van der Waals surface area contributed by atoms with E-state index >= 15 is 0 Å². The fourth-order valence-electron chi connectivity index (χ4n) is 3.13. The molecular formula is C14H27NO2. The minimum atomic E-state index is 0.344. The lowest BCUT2D eigenvalue weighted by Crippen LogP contribution is -2.31. The number of aliphatic hydroxyl groups excluding tert-OH is 1. The highest BCUT2D eigenvalue weighted by Gasteiger charge is 2.24. The van der Waals surface area contributed by atoms with Crippen molar-refractivity contribution < 1.29 is 9.84 Å². The van der Waals surface area contributed by atoms with Crippen molar-refractivity contribution in [1.29, 1.82) is 0 Å². The summed E-state index contributed by atoms with van der Waals surface area (Å²) in [6.45, 7) is 6.76. The van der Waals surface area contributed by atoms with Gasteiger partial charge in [0.1, 0.15) is 0 Å². The Balaban J connectivity index is 1.59. The monoisotopic (exact) mass is 241 g/mol. The molecule has 3 heteroatoms. The van der Waals surface area contributed by atoms with Crippen molar-refractivity contribution in [2.24, 2.45) is 11.8 Å². The van der Waals surface area contributed by atoms with Gasteiger partial charge in [0.2, 0.25) is 0 Å². The second-order valence-electron chi connectivity index (χ2n) is 5.81. The second kappa shape index (κ2) is 6.72. The zero-order valence-electron chi connectivity index (χ0n) is 11.1. The van der Waals surface area contributed by atoms with Gasteiger partial charge in [-0.1, -0.05) is 19.8 Å². The standard InChI is InChI=1S/C14H27NO2/c1-12-4-2-3-5-14(12)17-9-8-15-7-6-13(10-15)11-16/h12-14,16H,2-11H2,1H3.